The number of hydrogen-bond acceptors (Lipinski definition) is 4. The lowest BCUT2D eigenvalue weighted by Crippen LogP contribution is -2.16. The lowest BCUT2D eigenvalue weighted by Gasteiger charge is -2.14. The molecular formula is C11H20N2O2. The summed E-state index contributed by atoms with van der Waals surface area (Å²) in [6.07, 6.45) is 4.50. The quantitative estimate of drug-likeness (QED) is 0.687. The molecule has 1 aliphatic heterocycles. The van der Waals surface area contributed by atoms with Crippen molar-refractivity contribution in [2.24, 2.45) is 4.99 Å². The van der Waals surface area contributed by atoms with Crippen molar-refractivity contribution in [2.45, 2.75) is 39.2 Å². The fourth-order valence-electron chi connectivity index (χ4n) is 1.48. The van der Waals surface area contributed by atoms with Crippen molar-refractivity contribution in [1.29, 1.82) is 0 Å². The predicted octanol–water partition coefficient (Wildman–Crippen LogP) is 1.90. The van der Waals surface area contributed by atoms with E-state index in [2.05, 4.69) is 17.4 Å². The second kappa shape index (κ2) is 6.58. The molecule has 0 aromatic rings. The zero-order valence-corrected chi connectivity index (χ0v) is 9.49. The Kier molecular flexibility index (Phi) is 5.36. The summed E-state index contributed by atoms with van der Waals surface area (Å²) in [6.45, 7) is 5.55. The second-order valence-corrected chi connectivity index (χ2v) is 3.80. The van der Waals surface area contributed by atoms with Gasteiger partial charge in [-0.1, -0.05) is 6.92 Å². The fourth-order valence-corrected chi connectivity index (χ4v) is 1.48. The van der Waals surface area contributed by atoms with E-state index in [1.807, 2.05) is 6.92 Å². The van der Waals surface area contributed by atoms with Gasteiger partial charge in [0, 0.05) is 12.8 Å². The summed E-state index contributed by atoms with van der Waals surface area (Å²) in [6, 6.07) is 0.291. The van der Waals surface area contributed by atoms with E-state index in [0.29, 0.717) is 18.3 Å². The molecule has 0 aliphatic carbocycles. The van der Waals surface area contributed by atoms with Crippen molar-refractivity contribution in [3.8, 4) is 0 Å². The molecule has 0 saturated heterocycles. The zero-order chi connectivity index (χ0) is 11.1. The van der Waals surface area contributed by atoms with Gasteiger partial charge in [-0.05, 0) is 31.8 Å². The highest BCUT2D eigenvalue weighted by atomic mass is 16.5. The van der Waals surface area contributed by atoms with Gasteiger partial charge >= 0.3 is 0 Å². The van der Waals surface area contributed by atoms with Gasteiger partial charge in [0.2, 0.25) is 0 Å². The zero-order valence-electron chi connectivity index (χ0n) is 9.49. The molecule has 1 rings (SSSR count). The Hall–Kier alpha value is -0.870. The van der Waals surface area contributed by atoms with Crippen LogP contribution in [-0.2, 0) is 4.74 Å². The van der Waals surface area contributed by atoms with Crippen LogP contribution in [0.5, 0.6) is 0 Å². The first kappa shape index (κ1) is 12.2. The third-order valence-corrected chi connectivity index (χ3v) is 2.68. The molecule has 0 bridgehead atoms. The highest BCUT2D eigenvalue weighted by Gasteiger charge is 2.07. The minimum absolute atomic E-state index is 0.291. The molecule has 15 heavy (non-hydrogen) atoms. The Bertz CT molecular complexity index is 249. The van der Waals surface area contributed by atoms with E-state index in [4.69, 9.17) is 9.94 Å². The molecule has 4 nitrogen and oxygen atoms in total. The molecule has 86 valence electrons. The molecule has 1 atom stereocenters. The van der Waals surface area contributed by atoms with Gasteiger partial charge in [0.15, 0.2) is 0 Å². The molecule has 1 unspecified atom stereocenters. The van der Waals surface area contributed by atoms with Crippen LogP contribution in [0, 0.1) is 0 Å². The normalized spacial score (nSPS) is 31.0. The predicted molar refractivity (Wildman–Crippen MR) is 60.2 cm³/mol. The minimum Gasteiger partial charge on any atom is -0.381 e. The maximum absolute atomic E-state index is 8.96. The monoisotopic (exact) mass is 212 g/mol. The molecule has 0 aromatic heterocycles. The summed E-state index contributed by atoms with van der Waals surface area (Å²) in [5.41, 5.74) is 3.95. The van der Waals surface area contributed by atoms with Crippen LogP contribution in [0.25, 0.3) is 0 Å². The molecule has 2 N–H and O–H groups in total. The van der Waals surface area contributed by atoms with Crippen molar-refractivity contribution >= 4 is 6.21 Å². The molecule has 4 heteroatoms. The molecule has 1 heterocycles. The summed E-state index contributed by atoms with van der Waals surface area (Å²) >= 11 is 0. The first-order valence-corrected chi connectivity index (χ1v) is 5.48. The molecule has 0 spiro atoms. The van der Waals surface area contributed by atoms with Crippen LogP contribution in [-0.4, -0.2) is 30.7 Å². The number of aliphatic imine (C=N–C) groups is 1. The number of nitrogens with zero attached hydrogens (tertiary/aromatic N) is 1. The van der Waals surface area contributed by atoms with Crippen LogP contribution in [0.15, 0.2) is 16.3 Å². The Labute approximate surface area is 91.0 Å². The van der Waals surface area contributed by atoms with Gasteiger partial charge in [-0.3, -0.25) is 15.7 Å². The van der Waals surface area contributed by atoms with Gasteiger partial charge in [0.05, 0.1) is 18.3 Å². The summed E-state index contributed by atoms with van der Waals surface area (Å²) < 4.78 is 5.49. The van der Waals surface area contributed by atoms with Crippen LogP contribution in [0.4, 0.5) is 0 Å². The number of hydrogen-bond donors (Lipinski definition) is 2. The van der Waals surface area contributed by atoms with Crippen molar-refractivity contribution in [3.63, 3.8) is 0 Å². The van der Waals surface area contributed by atoms with E-state index in [-0.39, 0.29) is 0 Å². The van der Waals surface area contributed by atoms with Crippen LogP contribution >= 0.6 is 0 Å². The van der Waals surface area contributed by atoms with E-state index < -0.39 is 0 Å². The first-order chi connectivity index (χ1) is 7.27. The van der Waals surface area contributed by atoms with Gasteiger partial charge in [0.25, 0.3) is 0 Å². The van der Waals surface area contributed by atoms with Crippen molar-refractivity contribution in [1.82, 2.24) is 5.48 Å². The minimum atomic E-state index is 0.291. The average Bonchev–Trinajstić information content (AvgIpc) is 2.26. The van der Waals surface area contributed by atoms with E-state index in [1.54, 1.807) is 6.21 Å². The van der Waals surface area contributed by atoms with Crippen molar-refractivity contribution in [2.75, 3.05) is 13.2 Å². The van der Waals surface area contributed by atoms with Crippen LogP contribution in [0.1, 0.15) is 33.1 Å². The molecule has 1 aliphatic rings. The maximum Gasteiger partial charge on any atom is 0.0770 e. The Morgan fingerprint density at radius 2 is 2.40 bits per heavy atom. The van der Waals surface area contributed by atoms with Crippen LogP contribution < -0.4 is 5.48 Å². The summed E-state index contributed by atoms with van der Waals surface area (Å²) in [4.78, 5) is 4.42. The largest absolute Gasteiger partial charge is 0.381 e. The number of hydroxylamine groups is 1. The number of allylic oxidation sites excluding steroid dienone is 1. The van der Waals surface area contributed by atoms with Crippen LogP contribution in [0.3, 0.4) is 0 Å². The topological polar surface area (TPSA) is 53.8 Å². The summed E-state index contributed by atoms with van der Waals surface area (Å²) in [7, 11) is 0. The van der Waals surface area contributed by atoms with E-state index in [1.165, 1.54) is 0 Å². The molecule has 0 fully saturated rings. The third kappa shape index (κ3) is 4.01. The van der Waals surface area contributed by atoms with Gasteiger partial charge < -0.3 is 4.74 Å². The number of nitrogens with one attached hydrogen (secondary N) is 1. The van der Waals surface area contributed by atoms with E-state index in [9.17, 15) is 0 Å². The molecule has 0 aromatic carbocycles. The van der Waals surface area contributed by atoms with E-state index in [0.717, 1.165) is 31.4 Å². The third-order valence-electron chi connectivity index (χ3n) is 2.68. The number of ether oxygens (including phenoxy) is 1. The van der Waals surface area contributed by atoms with Crippen LogP contribution in [0.2, 0.25) is 0 Å². The fraction of sp³-hybridized carbons (Fsp3) is 0.727. The maximum atomic E-state index is 8.96. The lowest BCUT2D eigenvalue weighted by atomic mass is 10.1. The van der Waals surface area contributed by atoms with Gasteiger partial charge in [-0.25, -0.2) is 0 Å². The van der Waals surface area contributed by atoms with Crippen molar-refractivity contribution in [3.05, 3.63) is 11.3 Å². The standard InChI is InChI=1S/C11H20N2O2/c1-3-10-5-7-15-6-4-9(2)11(13-14)8-12-10/h8,10,13-14H,3-7H2,1-2H3/b11-9-,12-8-. The first-order valence-electron chi connectivity index (χ1n) is 5.48. The molecule has 0 saturated carbocycles. The smallest absolute Gasteiger partial charge is 0.0770 e. The van der Waals surface area contributed by atoms with Crippen molar-refractivity contribution < 1.29 is 9.94 Å². The molecule has 0 radical (unpaired) electrons. The van der Waals surface area contributed by atoms with Gasteiger partial charge in [-0.2, -0.15) is 0 Å². The van der Waals surface area contributed by atoms with Gasteiger partial charge in [0.1, 0.15) is 0 Å². The average molecular weight is 212 g/mol. The lowest BCUT2D eigenvalue weighted by molar-refractivity contribution is 0.128. The van der Waals surface area contributed by atoms with E-state index >= 15 is 0 Å². The molecular weight excluding hydrogens is 192 g/mol. The Morgan fingerprint density at radius 1 is 1.60 bits per heavy atom. The highest BCUT2D eigenvalue weighted by molar-refractivity contribution is 5.78. The second-order valence-electron chi connectivity index (χ2n) is 3.80. The summed E-state index contributed by atoms with van der Waals surface area (Å²) in [5.74, 6) is 0. The SMILES string of the molecule is CCC1CCOCC/C(C)=C(NO)/C=N\1. The Balaban J connectivity index is 2.75. The molecule has 0 amide bonds. The highest BCUT2D eigenvalue weighted by Crippen LogP contribution is 2.10. The van der Waals surface area contributed by atoms with Gasteiger partial charge in [-0.15, -0.1) is 0 Å². The Morgan fingerprint density at radius 3 is 3.07 bits per heavy atom. The summed E-state index contributed by atoms with van der Waals surface area (Å²) in [5, 5.41) is 8.96. The number of rotatable bonds is 2.